The number of fused-ring (bicyclic) bond motifs is 1. The highest BCUT2D eigenvalue weighted by molar-refractivity contribution is 5.93. The number of benzene rings is 2. The van der Waals surface area contributed by atoms with Gasteiger partial charge < -0.3 is 25.0 Å². The van der Waals surface area contributed by atoms with Crippen molar-refractivity contribution < 1.29 is 14.6 Å². The van der Waals surface area contributed by atoms with Crippen LogP contribution in [0.2, 0.25) is 0 Å². The summed E-state index contributed by atoms with van der Waals surface area (Å²) in [6, 6.07) is 16.2. The Hall–Kier alpha value is -2.57. The van der Waals surface area contributed by atoms with Crippen molar-refractivity contribution in [2.75, 3.05) is 38.3 Å². The highest BCUT2D eigenvalue weighted by Gasteiger charge is 2.50. The van der Waals surface area contributed by atoms with Crippen LogP contribution in [0.15, 0.2) is 48.5 Å². The van der Waals surface area contributed by atoms with E-state index in [1.807, 2.05) is 30.3 Å². The number of amides is 1. The zero-order valence-electron chi connectivity index (χ0n) is 18.1. The maximum absolute atomic E-state index is 12.9. The molecule has 2 N–H and O–H groups in total. The molecule has 0 saturated carbocycles. The molecule has 2 aromatic carbocycles. The second-order valence-electron chi connectivity index (χ2n) is 9.07. The van der Waals surface area contributed by atoms with E-state index in [9.17, 15) is 9.90 Å². The molecule has 0 bridgehead atoms. The Morgan fingerprint density at radius 2 is 1.94 bits per heavy atom. The first-order chi connectivity index (χ1) is 15.1. The number of nitrogens with one attached hydrogen (secondary N) is 1. The van der Waals surface area contributed by atoms with Crippen LogP contribution in [-0.2, 0) is 11.2 Å². The van der Waals surface area contributed by atoms with Gasteiger partial charge in [0.25, 0.3) is 0 Å². The molecular weight excluding hydrogens is 390 g/mol. The van der Waals surface area contributed by atoms with Gasteiger partial charge in [0.15, 0.2) is 0 Å². The number of para-hydroxylation sites is 1. The number of rotatable bonds is 4. The number of hydrogen-bond acceptors (Lipinski definition) is 5. The maximum Gasteiger partial charge on any atom is 0.247 e. The summed E-state index contributed by atoms with van der Waals surface area (Å²) >= 11 is 0. The molecule has 5 rings (SSSR count). The van der Waals surface area contributed by atoms with Crippen molar-refractivity contribution in [1.29, 1.82) is 0 Å². The number of likely N-dealkylation sites (tertiary alicyclic amines) is 1. The summed E-state index contributed by atoms with van der Waals surface area (Å²) < 4.78 is 5.33. The van der Waals surface area contributed by atoms with Gasteiger partial charge in [0.2, 0.25) is 5.91 Å². The molecule has 1 spiro atoms. The maximum atomic E-state index is 12.9. The van der Waals surface area contributed by atoms with Crippen LogP contribution in [0.4, 0.5) is 5.69 Å². The average Bonchev–Trinajstić information content (AvgIpc) is 3.13. The number of aliphatic hydroxyl groups excluding tert-OH is 1. The van der Waals surface area contributed by atoms with Crippen molar-refractivity contribution in [3.05, 3.63) is 59.7 Å². The van der Waals surface area contributed by atoms with Crippen LogP contribution in [0.1, 0.15) is 36.5 Å². The third-order valence-corrected chi connectivity index (χ3v) is 7.48. The number of methoxy groups -OCH3 is 1. The lowest BCUT2D eigenvalue weighted by atomic mass is 9.80. The summed E-state index contributed by atoms with van der Waals surface area (Å²) in [6.07, 6.45) is 3.12. The summed E-state index contributed by atoms with van der Waals surface area (Å²) in [5.41, 5.74) is 2.88. The molecular formula is C25H31N3O3. The second kappa shape index (κ2) is 8.17. The van der Waals surface area contributed by atoms with Crippen molar-refractivity contribution in [2.45, 2.75) is 37.3 Å². The van der Waals surface area contributed by atoms with Crippen molar-refractivity contribution in [1.82, 2.24) is 10.2 Å². The summed E-state index contributed by atoms with van der Waals surface area (Å²) in [7, 11) is 1.68. The van der Waals surface area contributed by atoms with E-state index in [4.69, 9.17) is 4.74 Å². The summed E-state index contributed by atoms with van der Waals surface area (Å²) in [5.74, 6) is 1.22. The molecule has 2 unspecified atom stereocenters. The van der Waals surface area contributed by atoms with Crippen molar-refractivity contribution in [2.24, 2.45) is 5.92 Å². The summed E-state index contributed by atoms with van der Waals surface area (Å²) in [6.45, 7) is 3.19. The minimum absolute atomic E-state index is 0.150. The first-order valence-electron chi connectivity index (χ1n) is 11.3. The fourth-order valence-corrected chi connectivity index (χ4v) is 5.63. The van der Waals surface area contributed by atoms with E-state index >= 15 is 0 Å². The Morgan fingerprint density at radius 3 is 2.68 bits per heavy atom. The van der Waals surface area contributed by atoms with Crippen molar-refractivity contribution in [3.8, 4) is 5.75 Å². The SMILES string of the molecule is COc1ccc2c(c1)CCC(CN1CCC3(CC1)C(=O)NCN3c1ccccc1)C2O. The molecule has 2 saturated heterocycles. The number of aryl methyl sites for hydroxylation is 1. The van der Waals surface area contributed by atoms with Crippen LogP contribution in [0.5, 0.6) is 5.75 Å². The fourth-order valence-electron chi connectivity index (χ4n) is 5.63. The van der Waals surface area contributed by atoms with Gasteiger partial charge in [0.1, 0.15) is 11.3 Å². The molecule has 1 amide bonds. The molecule has 31 heavy (non-hydrogen) atoms. The first-order valence-corrected chi connectivity index (χ1v) is 11.3. The molecule has 6 heteroatoms. The van der Waals surface area contributed by atoms with Crippen molar-refractivity contribution >= 4 is 11.6 Å². The van der Waals surface area contributed by atoms with E-state index in [0.717, 1.165) is 62.3 Å². The molecule has 2 heterocycles. The summed E-state index contributed by atoms with van der Waals surface area (Å²) in [5, 5.41) is 14.1. The molecule has 2 aromatic rings. The predicted octanol–water partition coefficient (Wildman–Crippen LogP) is 2.72. The van der Waals surface area contributed by atoms with E-state index in [2.05, 4.69) is 33.3 Å². The number of ether oxygens (including phenoxy) is 1. The topological polar surface area (TPSA) is 65.0 Å². The largest absolute Gasteiger partial charge is 0.497 e. The predicted molar refractivity (Wildman–Crippen MR) is 120 cm³/mol. The highest BCUT2D eigenvalue weighted by Crippen LogP contribution is 2.39. The van der Waals surface area contributed by atoms with Gasteiger partial charge in [-0.3, -0.25) is 4.79 Å². The lowest BCUT2D eigenvalue weighted by Gasteiger charge is -2.44. The van der Waals surface area contributed by atoms with Crippen LogP contribution < -0.4 is 15.0 Å². The summed E-state index contributed by atoms with van der Waals surface area (Å²) in [4.78, 5) is 17.5. The van der Waals surface area contributed by atoms with Crippen LogP contribution in [0.3, 0.4) is 0 Å². The number of anilines is 1. The number of hydrogen-bond donors (Lipinski definition) is 2. The number of nitrogens with zero attached hydrogens (tertiary/aromatic N) is 2. The Labute approximate surface area is 183 Å². The van der Waals surface area contributed by atoms with Gasteiger partial charge in [-0.15, -0.1) is 0 Å². The van der Waals surface area contributed by atoms with Gasteiger partial charge in [-0.2, -0.15) is 0 Å². The molecule has 164 valence electrons. The van der Waals surface area contributed by atoms with Gasteiger partial charge >= 0.3 is 0 Å². The molecule has 6 nitrogen and oxygen atoms in total. The number of carbonyl (C=O) groups is 1. The van der Waals surface area contributed by atoms with Gasteiger partial charge in [0, 0.05) is 31.2 Å². The van der Waals surface area contributed by atoms with Crippen molar-refractivity contribution in [3.63, 3.8) is 0 Å². The Kier molecular flexibility index (Phi) is 5.36. The van der Waals surface area contributed by atoms with Crippen LogP contribution in [0, 0.1) is 5.92 Å². The fraction of sp³-hybridized carbons (Fsp3) is 0.480. The lowest BCUT2D eigenvalue weighted by molar-refractivity contribution is -0.125. The minimum Gasteiger partial charge on any atom is -0.497 e. The molecule has 0 aromatic heterocycles. The molecule has 3 aliphatic rings. The first kappa shape index (κ1) is 20.3. The van der Waals surface area contributed by atoms with E-state index in [0.29, 0.717) is 6.67 Å². The van der Waals surface area contributed by atoms with Gasteiger partial charge in [-0.05, 0) is 61.1 Å². The van der Waals surface area contributed by atoms with Crippen LogP contribution >= 0.6 is 0 Å². The van der Waals surface area contributed by atoms with Crippen LogP contribution in [0.25, 0.3) is 0 Å². The quantitative estimate of drug-likeness (QED) is 0.795. The minimum atomic E-state index is -0.452. The second-order valence-corrected chi connectivity index (χ2v) is 9.07. The Balaban J connectivity index is 1.25. The van der Waals surface area contributed by atoms with E-state index in [-0.39, 0.29) is 11.8 Å². The zero-order chi connectivity index (χ0) is 21.4. The van der Waals surface area contributed by atoms with Crippen LogP contribution in [-0.4, -0.2) is 54.9 Å². The van der Waals surface area contributed by atoms with Gasteiger partial charge in [0.05, 0.1) is 19.9 Å². The molecule has 1 aliphatic carbocycles. The van der Waals surface area contributed by atoms with E-state index in [1.165, 1.54) is 5.56 Å². The molecule has 2 fully saturated rings. The van der Waals surface area contributed by atoms with Gasteiger partial charge in [-0.25, -0.2) is 0 Å². The average molecular weight is 422 g/mol. The monoisotopic (exact) mass is 421 g/mol. The third kappa shape index (κ3) is 3.58. The highest BCUT2D eigenvalue weighted by atomic mass is 16.5. The third-order valence-electron chi connectivity index (χ3n) is 7.48. The number of piperidine rings is 1. The smallest absolute Gasteiger partial charge is 0.247 e. The molecule has 0 radical (unpaired) electrons. The number of carbonyl (C=O) groups excluding carboxylic acids is 1. The molecule has 2 aliphatic heterocycles. The Morgan fingerprint density at radius 1 is 1.16 bits per heavy atom. The zero-order valence-corrected chi connectivity index (χ0v) is 18.1. The lowest BCUT2D eigenvalue weighted by Crippen LogP contribution is -2.57. The molecule has 2 atom stereocenters. The Bertz CT molecular complexity index is 940. The van der Waals surface area contributed by atoms with Gasteiger partial charge in [-0.1, -0.05) is 24.3 Å². The number of aliphatic hydroxyl groups is 1. The normalized spacial score (nSPS) is 25.4. The standard InChI is InChI=1S/C25H31N3O3/c1-31-21-9-10-22-18(15-21)7-8-19(23(22)29)16-27-13-11-25(12-14-27)24(30)26-17-28(25)20-5-3-2-4-6-20/h2-6,9-10,15,19,23,29H,7-8,11-14,16-17H2,1H3,(H,26,30). The van der Waals surface area contributed by atoms with E-state index < -0.39 is 11.6 Å². The van der Waals surface area contributed by atoms with E-state index in [1.54, 1.807) is 7.11 Å².